The van der Waals surface area contributed by atoms with Crippen LogP contribution in [0.3, 0.4) is 0 Å². The van der Waals surface area contributed by atoms with E-state index in [1.54, 1.807) is 19.2 Å². The second kappa shape index (κ2) is 5.95. The number of fused-ring (bicyclic) bond motifs is 1. The number of likely N-dealkylation sites (N-methyl/N-ethyl adjacent to an activating group) is 1. The highest BCUT2D eigenvalue weighted by Crippen LogP contribution is 2.28. The van der Waals surface area contributed by atoms with Crippen LogP contribution >= 0.6 is 0 Å². The zero-order valence-corrected chi connectivity index (χ0v) is 12.1. The van der Waals surface area contributed by atoms with Crippen LogP contribution in [0.2, 0.25) is 0 Å². The Kier molecular flexibility index (Phi) is 4.26. The van der Waals surface area contributed by atoms with Crippen LogP contribution in [0, 0.1) is 0 Å². The van der Waals surface area contributed by atoms with Crippen molar-refractivity contribution in [3.8, 4) is 0 Å². The van der Waals surface area contributed by atoms with Crippen molar-refractivity contribution in [2.45, 2.75) is 19.4 Å². The van der Waals surface area contributed by atoms with E-state index in [2.05, 4.69) is 0 Å². The van der Waals surface area contributed by atoms with Gasteiger partial charge in [-0.3, -0.25) is 14.4 Å². The number of hydrogen-bond donors (Lipinski definition) is 1. The summed E-state index contributed by atoms with van der Waals surface area (Å²) in [5, 5.41) is 9.35. The van der Waals surface area contributed by atoms with Gasteiger partial charge in [-0.2, -0.15) is 0 Å². The molecule has 0 fully saturated rings. The minimum atomic E-state index is -0.945. The molecule has 0 radical (unpaired) electrons. The van der Waals surface area contributed by atoms with Crippen LogP contribution in [0.1, 0.15) is 24.0 Å². The fourth-order valence-electron chi connectivity index (χ4n) is 2.42. The third-order valence-corrected chi connectivity index (χ3v) is 3.76. The Hall–Kier alpha value is -2.37. The molecule has 112 valence electrons. The minimum Gasteiger partial charge on any atom is -0.481 e. The Morgan fingerprint density at radius 1 is 1.33 bits per heavy atom. The van der Waals surface area contributed by atoms with E-state index < -0.39 is 11.9 Å². The van der Waals surface area contributed by atoms with Crippen molar-refractivity contribution in [1.29, 1.82) is 0 Å². The van der Waals surface area contributed by atoms with E-state index in [1.165, 1.54) is 16.7 Å². The summed E-state index contributed by atoms with van der Waals surface area (Å²) in [4.78, 5) is 37.7. The summed E-state index contributed by atoms with van der Waals surface area (Å²) in [7, 11) is 1.55. The zero-order valence-electron chi connectivity index (χ0n) is 12.1. The summed E-state index contributed by atoms with van der Waals surface area (Å²) in [6, 6.07) is 7.25. The molecule has 0 aliphatic carbocycles. The second-order valence-corrected chi connectivity index (χ2v) is 5.24. The number of benzene rings is 1. The van der Waals surface area contributed by atoms with E-state index in [4.69, 9.17) is 0 Å². The molecule has 1 aliphatic rings. The Balaban J connectivity index is 2.19. The number of rotatable bonds is 3. The molecule has 6 heteroatoms. The van der Waals surface area contributed by atoms with Gasteiger partial charge >= 0.3 is 5.97 Å². The summed E-state index contributed by atoms with van der Waals surface area (Å²) in [5.74, 6) is -2.11. The first-order valence-corrected chi connectivity index (χ1v) is 6.70. The van der Waals surface area contributed by atoms with E-state index >= 15 is 0 Å². The standard InChI is InChI=1S/C15H18N2O4/c1-10(18)16(2)9-14(19)17-7-11-5-3-4-6-12(11)13(8-17)15(20)21/h3-6,13H,7-9H2,1-2H3,(H,20,21). The van der Waals surface area contributed by atoms with Gasteiger partial charge in [0.05, 0.1) is 12.5 Å². The van der Waals surface area contributed by atoms with Gasteiger partial charge in [0.1, 0.15) is 0 Å². The van der Waals surface area contributed by atoms with Gasteiger partial charge in [-0.15, -0.1) is 0 Å². The topological polar surface area (TPSA) is 77.9 Å². The van der Waals surface area contributed by atoms with Crippen molar-refractivity contribution < 1.29 is 19.5 Å². The van der Waals surface area contributed by atoms with Gasteiger partial charge in [0.2, 0.25) is 11.8 Å². The molecule has 6 nitrogen and oxygen atoms in total. The average Bonchev–Trinajstić information content (AvgIpc) is 2.45. The summed E-state index contributed by atoms with van der Waals surface area (Å²) in [5.41, 5.74) is 1.60. The van der Waals surface area contributed by atoms with E-state index in [-0.39, 0.29) is 24.9 Å². The van der Waals surface area contributed by atoms with Crippen molar-refractivity contribution in [3.05, 3.63) is 35.4 Å². The van der Waals surface area contributed by atoms with Crippen LogP contribution in [-0.4, -0.2) is 52.8 Å². The van der Waals surface area contributed by atoms with E-state index in [0.29, 0.717) is 6.54 Å². The van der Waals surface area contributed by atoms with Gasteiger partial charge in [-0.05, 0) is 11.1 Å². The maximum absolute atomic E-state index is 12.2. The van der Waals surface area contributed by atoms with Crippen molar-refractivity contribution in [1.82, 2.24) is 9.80 Å². The fraction of sp³-hybridized carbons (Fsp3) is 0.400. The molecule has 1 aromatic carbocycles. The number of carboxylic acids is 1. The maximum Gasteiger partial charge on any atom is 0.312 e. The molecule has 0 aromatic heterocycles. The van der Waals surface area contributed by atoms with Crippen molar-refractivity contribution in [2.24, 2.45) is 0 Å². The number of hydrogen-bond acceptors (Lipinski definition) is 3. The molecule has 2 rings (SSSR count). The summed E-state index contributed by atoms with van der Waals surface area (Å²) in [6.07, 6.45) is 0. The molecule has 1 aromatic rings. The van der Waals surface area contributed by atoms with Crippen LogP contribution in [-0.2, 0) is 20.9 Å². The maximum atomic E-state index is 12.2. The molecule has 0 spiro atoms. The molecule has 0 bridgehead atoms. The predicted molar refractivity (Wildman–Crippen MR) is 75.5 cm³/mol. The Morgan fingerprint density at radius 2 is 2.00 bits per heavy atom. The molecule has 0 saturated carbocycles. The SMILES string of the molecule is CC(=O)N(C)CC(=O)N1Cc2ccccc2C(C(=O)O)C1. The van der Waals surface area contributed by atoms with Gasteiger partial charge in [0, 0.05) is 27.1 Å². The van der Waals surface area contributed by atoms with Gasteiger partial charge in [0.15, 0.2) is 0 Å². The first kappa shape index (κ1) is 15.0. The second-order valence-electron chi connectivity index (χ2n) is 5.24. The fourth-order valence-corrected chi connectivity index (χ4v) is 2.42. The molecule has 1 aliphatic heterocycles. The molecule has 2 amide bonds. The molecule has 21 heavy (non-hydrogen) atoms. The quantitative estimate of drug-likeness (QED) is 0.887. The highest BCUT2D eigenvalue weighted by atomic mass is 16.4. The van der Waals surface area contributed by atoms with Crippen LogP contribution < -0.4 is 0 Å². The van der Waals surface area contributed by atoms with Crippen LogP contribution in [0.4, 0.5) is 0 Å². The zero-order chi connectivity index (χ0) is 15.6. The van der Waals surface area contributed by atoms with E-state index in [1.807, 2.05) is 12.1 Å². The first-order valence-electron chi connectivity index (χ1n) is 6.70. The summed E-state index contributed by atoms with van der Waals surface area (Å²) >= 11 is 0. The largest absolute Gasteiger partial charge is 0.481 e. The smallest absolute Gasteiger partial charge is 0.312 e. The number of carbonyl (C=O) groups excluding carboxylic acids is 2. The lowest BCUT2D eigenvalue weighted by Gasteiger charge is -2.33. The minimum absolute atomic E-state index is 0.0379. The lowest BCUT2D eigenvalue weighted by Crippen LogP contribution is -2.45. The monoisotopic (exact) mass is 290 g/mol. The highest BCUT2D eigenvalue weighted by molar-refractivity contribution is 5.85. The van der Waals surface area contributed by atoms with Gasteiger partial charge in [-0.1, -0.05) is 24.3 Å². The molecular weight excluding hydrogens is 272 g/mol. The molecule has 1 atom stereocenters. The number of carbonyl (C=O) groups is 3. The summed E-state index contributed by atoms with van der Waals surface area (Å²) in [6.45, 7) is 1.87. The Morgan fingerprint density at radius 3 is 2.62 bits per heavy atom. The van der Waals surface area contributed by atoms with Gasteiger partial charge < -0.3 is 14.9 Å². The molecule has 1 heterocycles. The van der Waals surface area contributed by atoms with Crippen molar-refractivity contribution in [3.63, 3.8) is 0 Å². The molecule has 1 unspecified atom stereocenters. The third kappa shape index (κ3) is 3.21. The summed E-state index contributed by atoms with van der Waals surface area (Å²) < 4.78 is 0. The van der Waals surface area contributed by atoms with Crippen LogP contribution in [0.5, 0.6) is 0 Å². The van der Waals surface area contributed by atoms with Gasteiger partial charge in [0.25, 0.3) is 0 Å². The van der Waals surface area contributed by atoms with E-state index in [0.717, 1.165) is 11.1 Å². The van der Waals surface area contributed by atoms with Gasteiger partial charge in [-0.25, -0.2) is 0 Å². The van der Waals surface area contributed by atoms with E-state index in [9.17, 15) is 19.5 Å². The van der Waals surface area contributed by atoms with Crippen LogP contribution in [0.15, 0.2) is 24.3 Å². The first-order chi connectivity index (χ1) is 9.90. The lowest BCUT2D eigenvalue weighted by atomic mass is 9.90. The number of aliphatic carboxylic acids is 1. The van der Waals surface area contributed by atoms with Crippen molar-refractivity contribution >= 4 is 17.8 Å². The Labute approximate surface area is 123 Å². The predicted octanol–water partition coefficient (Wildman–Crippen LogP) is 0.675. The molecule has 0 saturated heterocycles. The average molecular weight is 290 g/mol. The molecular formula is C15H18N2O4. The Bertz CT molecular complexity index is 585. The highest BCUT2D eigenvalue weighted by Gasteiger charge is 2.32. The third-order valence-electron chi connectivity index (χ3n) is 3.76. The lowest BCUT2D eigenvalue weighted by molar-refractivity contribution is -0.143. The number of carboxylic acid groups (broad SMARTS) is 1. The van der Waals surface area contributed by atoms with Crippen LogP contribution in [0.25, 0.3) is 0 Å². The number of amides is 2. The van der Waals surface area contributed by atoms with Crippen molar-refractivity contribution in [2.75, 3.05) is 20.1 Å². The normalized spacial score (nSPS) is 17.0. The number of nitrogens with zero attached hydrogens (tertiary/aromatic N) is 2. The molecule has 1 N–H and O–H groups in total.